The highest BCUT2D eigenvalue weighted by molar-refractivity contribution is 9.10. The van der Waals surface area contributed by atoms with Crippen LogP contribution in [0.2, 0.25) is 0 Å². The molecule has 0 unspecified atom stereocenters. The van der Waals surface area contributed by atoms with Gasteiger partial charge < -0.3 is 18.8 Å². The molecular formula is C17H24BBrO5. The van der Waals surface area contributed by atoms with Crippen LogP contribution in [0.4, 0.5) is 0 Å². The minimum atomic E-state index is -0.425. The first kappa shape index (κ1) is 19.3. The van der Waals surface area contributed by atoms with Gasteiger partial charge in [0.2, 0.25) is 0 Å². The summed E-state index contributed by atoms with van der Waals surface area (Å²) < 4.78 is 23.6. The van der Waals surface area contributed by atoms with E-state index in [0.717, 1.165) is 9.94 Å². The van der Waals surface area contributed by atoms with Crippen molar-refractivity contribution in [3.05, 3.63) is 22.7 Å². The quantitative estimate of drug-likeness (QED) is 0.418. The van der Waals surface area contributed by atoms with E-state index in [-0.39, 0.29) is 17.2 Å². The number of carbonyl (C=O) groups is 1. The van der Waals surface area contributed by atoms with Crippen LogP contribution in [0.3, 0.4) is 0 Å². The largest absolute Gasteiger partial charge is 0.494 e. The summed E-state index contributed by atoms with van der Waals surface area (Å²) in [5, 5.41) is 0. The van der Waals surface area contributed by atoms with E-state index in [1.807, 2.05) is 45.9 Å². The lowest BCUT2D eigenvalue weighted by atomic mass is 9.79. The van der Waals surface area contributed by atoms with E-state index in [1.54, 1.807) is 0 Å². The van der Waals surface area contributed by atoms with Gasteiger partial charge in [0.05, 0.1) is 28.9 Å². The molecule has 1 aliphatic heterocycles. The van der Waals surface area contributed by atoms with Gasteiger partial charge in [-0.2, -0.15) is 0 Å². The Bertz CT molecular complexity index is 587. The predicted octanol–water partition coefficient (Wildman–Crippen LogP) is 3.08. The molecular weight excluding hydrogens is 375 g/mol. The van der Waals surface area contributed by atoms with Gasteiger partial charge in [0.1, 0.15) is 5.75 Å². The fraction of sp³-hybridized carbons (Fsp3) is 0.588. The van der Waals surface area contributed by atoms with Crippen LogP contribution in [0, 0.1) is 0 Å². The fourth-order valence-corrected chi connectivity index (χ4v) is 2.57. The Hall–Kier alpha value is -1.05. The first-order valence-electron chi connectivity index (χ1n) is 8.04. The maximum Gasteiger partial charge on any atom is 0.494 e. The molecule has 7 heteroatoms. The summed E-state index contributed by atoms with van der Waals surface area (Å²) in [4.78, 5) is 10.7. The zero-order valence-corrected chi connectivity index (χ0v) is 16.4. The third-order valence-electron chi connectivity index (χ3n) is 4.33. The second-order valence-electron chi connectivity index (χ2n) is 6.82. The highest BCUT2D eigenvalue weighted by atomic mass is 79.9. The molecule has 24 heavy (non-hydrogen) atoms. The van der Waals surface area contributed by atoms with Gasteiger partial charge in [0, 0.05) is 13.3 Å². The van der Waals surface area contributed by atoms with Gasteiger partial charge >= 0.3 is 13.1 Å². The van der Waals surface area contributed by atoms with Crippen molar-refractivity contribution in [1.82, 2.24) is 0 Å². The van der Waals surface area contributed by atoms with Crippen molar-refractivity contribution in [1.29, 1.82) is 0 Å². The van der Waals surface area contributed by atoms with Gasteiger partial charge in [-0.15, -0.1) is 0 Å². The molecule has 0 radical (unpaired) electrons. The molecule has 2 rings (SSSR count). The number of esters is 1. The molecule has 0 amide bonds. The van der Waals surface area contributed by atoms with Crippen molar-refractivity contribution in [2.75, 3.05) is 13.2 Å². The monoisotopic (exact) mass is 398 g/mol. The normalized spacial score (nSPS) is 18.5. The molecule has 0 aromatic heterocycles. The highest BCUT2D eigenvalue weighted by Crippen LogP contribution is 2.37. The number of benzene rings is 1. The smallest absolute Gasteiger partial charge is 0.492 e. The average Bonchev–Trinajstić information content (AvgIpc) is 2.68. The molecule has 1 saturated heterocycles. The Balaban J connectivity index is 2.00. The number of ether oxygens (including phenoxy) is 2. The number of hydrogen-bond donors (Lipinski definition) is 0. The van der Waals surface area contributed by atoms with Crippen molar-refractivity contribution in [2.45, 2.75) is 52.2 Å². The maximum atomic E-state index is 10.7. The van der Waals surface area contributed by atoms with Crippen molar-refractivity contribution in [2.24, 2.45) is 0 Å². The maximum absolute atomic E-state index is 10.7. The molecule has 1 heterocycles. The Morgan fingerprint density at radius 3 is 2.38 bits per heavy atom. The molecule has 1 aromatic carbocycles. The number of halogens is 1. The lowest BCUT2D eigenvalue weighted by Crippen LogP contribution is -2.41. The molecule has 0 spiro atoms. The first-order valence-corrected chi connectivity index (χ1v) is 8.83. The van der Waals surface area contributed by atoms with Crippen LogP contribution >= 0.6 is 15.9 Å². The second-order valence-corrected chi connectivity index (χ2v) is 7.67. The van der Waals surface area contributed by atoms with Gasteiger partial charge in [-0.05, 0) is 61.2 Å². The number of carbonyl (C=O) groups excluding carboxylic acids is 1. The molecule has 132 valence electrons. The fourth-order valence-electron chi connectivity index (χ4n) is 2.21. The lowest BCUT2D eigenvalue weighted by Gasteiger charge is -2.32. The van der Waals surface area contributed by atoms with Gasteiger partial charge in [-0.3, -0.25) is 4.79 Å². The van der Waals surface area contributed by atoms with Crippen LogP contribution in [0.15, 0.2) is 22.7 Å². The first-order chi connectivity index (χ1) is 11.1. The summed E-state index contributed by atoms with van der Waals surface area (Å²) in [6.45, 7) is 10.3. The SMILES string of the molecule is CC(=O)OCCCOc1cc(B2OC(C)(C)C(C)(C)O2)ccc1Br. The molecule has 0 atom stereocenters. The summed E-state index contributed by atoms with van der Waals surface area (Å²) in [5.74, 6) is 0.434. The summed E-state index contributed by atoms with van der Waals surface area (Å²) in [6.07, 6.45) is 0.632. The molecule has 0 N–H and O–H groups in total. The molecule has 0 bridgehead atoms. The Morgan fingerprint density at radius 2 is 1.79 bits per heavy atom. The van der Waals surface area contributed by atoms with Crippen molar-refractivity contribution in [3.63, 3.8) is 0 Å². The summed E-state index contributed by atoms with van der Waals surface area (Å²) >= 11 is 3.48. The van der Waals surface area contributed by atoms with E-state index in [1.165, 1.54) is 6.92 Å². The Kier molecular flexibility index (Phi) is 5.99. The zero-order chi connectivity index (χ0) is 18.0. The van der Waals surface area contributed by atoms with Crippen LogP contribution in [0.25, 0.3) is 0 Å². The van der Waals surface area contributed by atoms with E-state index in [2.05, 4.69) is 15.9 Å². The lowest BCUT2D eigenvalue weighted by molar-refractivity contribution is -0.141. The summed E-state index contributed by atoms with van der Waals surface area (Å²) in [5.41, 5.74) is 0.151. The van der Waals surface area contributed by atoms with Gasteiger partial charge in [-0.25, -0.2) is 0 Å². The second kappa shape index (κ2) is 7.46. The minimum absolute atomic E-state index is 0.279. The summed E-state index contributed by atoms with van der Waals surface area (Å²) in [7, 11) is -0.425. The Labute approximate surface area is 152 Å². The summed E-state index contributed by atoms with van der Waals surface area (Å²) in [6, 6.07) is 5.79. The van der Waals surface area contributed by atoms with Gasteiger partial charge in [0.15, 0.2) is 0 Å². The number of rotatable bonds is 6. The molecule has 1 aromatic rings. The molecule has 0 saturated carbocycles. The molecule has 0 aliphatic carbocycles. The molecule has 1 fully saturated rings. The highest BCUT2D eigenvalue weighted by Gasteiger charge is 2.51. The third kappa shape index (κ3) is 4.52. The van der Waals surface area contributed by atoms with Crippen LogP contribution in [-0.2, 0) is 18.8 Å². The molecule has 5 nitrogen and oxygen atoms in total. The predicted molar refractivity (Wildman–Crippen MR) is 96.6 cm³/mol. The molecule has 1 aliphatic rings. The van der Waals surface area contributed by atoms with Crippen LogP contribution in [-0.4, -0.2) is 37.5 Å². The van der Waals surface area contributed by atoms with E-state index < -0.39 is 7.12 Å². The van der Waals surface area contributed by atoms with Gasteiger partial charge in [0.25, 0.3) is 0 Å². The van der Waals surface area contributed by atoms with E-state index in [9.17, 15) is 4.79 Å². The van der Waals surface area contributed by atoms with E-state index in [4.69, 9.17) is 18.8 Å². The Morgan fingerprint density at radius 1 is 1.17 bits per heavy atom. The minimum Gasteiger partial charge on any atom is -0.492 e. The average molecular weight is 399 g/mol. The van der Waals surface area contributed by atoms with Crippen molar-refractivity contribution >= 4 is 34.5 Å². The van der Waals surface area contributed by atoms with Gasteiger partial charge in [-0.1, -0.05) is 6.07 Å². The third-order valence-corrected chi connectivity index (χ3v) is 4.99. The topological polar surface area (TPSA) is 54.0 Å². The van der Waals surface area contributed by atoms with Crippen LogP contribution in [0.1, 0.15) is 41.0 Å². The van der Waals surface area contributed by atoms with Crippen molar-refractivity contribution in [3.8, 4) is 5.75 Å². The van der Waals surface area contributed by atoms with Crippen LogP contribution < -0.4 is 10.2 Å². The van der Waals surface area contributed by atoms with Crippen molar-refractivity contribution < 1.29 is 23.6 Å². The van der Waals surface area contributed by atoms with E-state index in [0.29, 0.717) is 25.4 Å². The zero-order valence-electron chi connectivity index (χ0n) is 14.8. The standard InChI is InChI=1S/C17H24BBrO5/c1-12(20)21-9-6-10-22-15-11-13(7-8-14(15)19)18-23-16(2,3)17(4,5)24-18/h7-8,11H,6,9-10H2,1-5H3. The number of hydrogen-bond acceptors (Lipinski definition) is 5. The van der Waals surface area contributed by atoms with Crippen LogP contribution in [0.5, 0.6) is 5.75 Å². The van der Waals surface area contributed by atoms with E-state index >= 15 is 0 Å².